The molecule has 11 heteroatoms. The molecule has 3 N–H and O–H groups in total. The second-order valence-corrected chi connectivity index (χ2v) is 9.41. The zero-order chi connectivity index (χ0) is 24.7. The van der Waals surface area contributed by atoms with Crippen molar-refractivity contribution in [2.24, 2.45) is 5.73 Å². The number of para-hydroxylation sites is 1. The average Bonchev–Trinajstić information content (AvgIpc) is 3.45. The van der Waals surface area contributed by atoms with Crippen LogP contribution in [0.3, 0.4) is 0 Å². The van der Waals surface area contributed by atoms with E-state index in [1.54, 1.807) is 30.3 Å². The Bertz CT molecular complexity index is 1450. The van der Waals surface area contributed by atoms with E-state index in [1.165, 1.54) is 12.1 Å². The largest absolute Gasteiger partial charge is 0.484 e. The molecule has 1 fully saturated rings. The quantitative estimate of drug-likeness (QED) is 0.285. The molecule has 0 spiro atoms. The van der Waals surface area contributed by atoms with Crippen LogP contribution in [0.1, 0.15) is 62.4 Å². The number of alkyl halides is 2. The van der Waals surface area contributed by atoms with Crippen LogP contribution < -0.4 is 15.8 Å². The minimum Gasteiger partial charge on any atom is -0.484 e. The summed E-state index contributed by atoms with van der Waals surface area (Å²) in [5, 5.41) is 3.58. The zero-order valence-electron chi connectivity index (χ0n) is 18.0. The topological polar surface area (TPSA) is 107 Å². The number of amides is 2. The van der Waals surface area contributed by atoms with Crippen LogP contribution in [-0.2, 0) is 6.61 Å². The van der Waals surface area contributed by atoms with Crippen LogP contribution in [0.15, 0.2) is 46.9 Å². The van der Waals surface area contributed by atoms with Crippen LogP contribution in [0.5, 0.6) is 5.75 Å². The zero-order valence-corrected chi connectivity index (χ0v) is 19.6. The Hall–Kier alpha value is -3.50. The van der Waals surface area contributed by atoms with E-state index in [0.717, 1.165) is 24.2 Å². The van der Waals surface area contributed by atoms with Crippen molar-refractivity contribution in [3.05, 3.63) is 75.1 Å². The third-order valence-electron chi connectivity index (χ3n) is 5.51. The van der Waals surface area contributed by atoms with Crippen molar-refractivity contribution in [2.75, 3.05) is 5.32 Å². The Morgan fingerprint density at radius 3 is 2.71 bits per heavy atom. The molecule has 1 saturated carbocycles. The van der Waals surface area contributed by atoms with Crippen molar-refractivity contribution >= 4 is 50.7 Å². The molecule has 1 aliphatic carbocycles. The Morgan fingerprint density at radius 2 is 2.03 bits per heavy atom. The van der Waals surface area contributed by atoms with Crippen LogP contribution in [0, 0.1) is 0 Å². The number of nitrogens with zero attached hydrogens (tertiary/aromatic N) is 1. The fraction of sp³-hybridized carbons (Fsp3) is 0.208. The molecule has 3 heterocycles. The van der Waals surface area contributed by atoms with Gasteiger partial charge in [-0.2, -0.15) is 0 Å². The molecule has 35 heavy (non-hydrogen) atoms. The number of carbonyl (C=O) groups is 2. The van der Waals surface area contributed by atoms with E-state index < -0.39 is 18.2 Å². The van der Waals surface area contributed by atoms with Gasteiger partial charge in [-0.3, -0.25) is 9.59 Å². The number of fused-ring (bicyclic) bond motifs is 1. The lowest BCUT2D eigenvalue weighted by molar-refractivity contribution is 0.0992. The first-order chi connectivity index (χ1) is 16.8. The molecule has 5 rings (SSSR count). The number of nitrogens with one attached hydrogen (secondary N) is 1. The summed E-state index contributed by atoms with van der Waals surface area (Å²) in [5.41, 5.74) is 5.94. The number of furan rings is 1. The van der Waals surface area contributed by atoms with Gasteiger partial charge < -0.3 is 20.2 Å². The molecular formula is C24H18ClF2N3O4S. The van der Waals surface area contributed by atoms with Gasteiger partial charge in [-0.25, -0.2) is 13.8 Å². The van der Waals surface area contributed by atoms with E-state index in [9.17, 15) is 18.4 Å². The number of carbonyl (C=O) groups excluding carboxylic acids is 2. The Balaban J connectivity index is 1.43. The van der Waals surface area contributed by atoms with E-state index in [2.05, 4.69) is 10.3 Å². The Kier molecular flexibility index (Phi) is 6.16. The number of ether oxygens (including phenoxy) is 1. The number of benzene rings is 1. The summed E-state index contributed by atoms with van der Waals surface area (Å²) in [5.74, 6) is -0.547. The highest BCUT2D eigenvalue weighted by atomic mass is 35.5. The molecule has 0 unspecified atom stereocenters. The predicted molar refractivity (Wildman–Crippen MR) is 128 cm³/mol. The van der Waals surface area contributed by atoms with Gasteiger partial charge in [0.15, 0.2) is 5.76 Å². The number of thiophene rings is 1. The van der Waals surface area contributed by atoms with E-state index in [1.807, 2.05) is 0 Å². The van der Waals surface area contributed by atoms with Crippen LogP contribution in [0.25, 0.3) is 10.2 Å². The third-order valence-corrected chi connectivity index (χ3v) is 6.92. The van der Waals surface area contributed by atoms with Gasteiger partial charge in [0, 0.05) is 5.39 Å². The second-order valence-electron chi connectivity index (χ2n) is 8.00. The fourth-order valence-electron chi connectivity index (χ4n) is 3.73. The van der Waals surface area contributed by atoms with Crippen molar-refractivity contribution in [3.63, 3.8) is 0 Å². The van der Waals surface area contributed by atoms with Gasteiger partial charge >= 0.3 is 0 Å². The van der Waals surface area contributed by atoms with E-state index in [0.29, 0.717) is 27.5 Å². The molecule has 7 nitrogen and oxygen atoms in total. The van der Waals surface area contributed by atoms with Crippen molar-refractivity contribution < 1.29 is 27.5 Å². The molecule has 0 radical (unpaired) electrons. The minimum atomic E-state index is -2.76. The van der Waals surface area contributed by atoms with Crippen LogP contribution >= 0.6 is 22.9 Å². The van der Waals surface area contributed by atoms with Crippen LogP contribution in [-0.4, -0.2) is 16.8 Å². The van der Waals surface area contributed by atoms with Gasteiger partial charge in [0.25, 0.3) is 18.2 Å². The molecule has 1 aliphatic rings. The highest BCUT2D eigenvalue weighted by Crippen LogP contribution is 2.48. The third kappa shape index (κ3) is 4.71. The summed E-state index contributed by atoms with van der Waals surface area (Å²) in [6, 6.07) is 11.3. The van der Waals surface area contributed by atoms with Crippen molar-refractivity contribution in [2.45, 2.75) is 31.8 Å². The lowest BCUT2D eigenvalue weighted by Gasteiger charge is -2.09. The van der Waals surface area contributed by atoms with Gasteiger partial charge in [-0.1, -0.05) is 23.7 Å². The molecule has 180 valence electrons. The summed E-state index contributed by atoms with van der Waals surface area (Å²) in [4.78, 5) is 29.4. The number of anilines is 1. The molecule has 2 amide bonds. The first-order valence-corrected chi connectivity index (χ1v) is 11.8. The number of halogens is 3. The lowest BCUT2D eigenvalue weighted by atomic mass is 10.0. The monoisotopic (exact) mass is 517 g/mol. The Labute approximate surface area is 206 Å². The van der Waals surface area contributed by atoms with E-state index >= 15 is 0 Å². The number of aromatic nitrogens is 1. The van der Waals surface area contributed by atoms with Crippen LogP contribution in [0.2, 0.25) is 5.02 Å². The molecule has 0 bridgehead atoms. The fourth-order valence-corrected chi connectivity index (χ4v) is 4.94. The summed E-state index contributed by atoms with van der Waals surface area (Å²) in [6.45, 7) is 0.0388. The maximum atomic E-state index is 13.4. The molecule has 0 saturated heterocycles. The Morgan fingerprint density at radius 1 is 1.26 bits per heavy atom. The highest BCUT2D eigenvalue weighted by molar-refractivity contribution is 7.21. The standard InChI is InChI=1S/C24H18ClF2N3O4S/c25-14-3-1-2-4-16(14)33-10-12-7-8-17(34-12)23(32)30-19-18-13(11-5-6-11)9-15(21(26)27)29-24(18)35-20(19)22(28)31/h1-4,7-9,11,21H,5-6,10H2,(H2,28,31)(H,30,32). The normalized spacial score (nSPS) is 13.4. The smallest absolute Gasteiger partial charge is 0.291 e. The maximum absolute atomic E-state index is 13.4. The second kappa shape index (κ2) is 9.27. The number of pyridine rings is 1. The predicted octanol–water partition coefficient (Wildman–Crippen LogP) is 6.29. The SMILES string of the molecule is NC(=O)c1sc2nc(C(F)F)cc(C3CC3)c2c1NC(=O)c1ccc(COc2ccccc2Cl)o1. The highest BCUT2D eigenvalue weighted by Gasteiger charge is 2.32. The number of primary amides is 1. The van der Waals surface area contributed by atoms with Gasteiger partial charge in [-0.05, 0) is 54.7 Å². The van der Waals surface area contributed by atoms with Crippen LogP contribution in [0.4, 0.5) is 14.5 Å². The average molecular weight is 518 g/mol. The number of nitrogens with two attached hydrogens (primary N) is 1. The molecule has 0 aliphatic heterocycles. The first-order valence-electron chi connectivity index (χ1n) is 10.6. The van der Waals surface area contributed by atoms with Gasteiger partial charge in [0.2, 0.25) is 0 Å². The molecule has 3 aromatic heterocycles. The van der Waals surface area contributed by atoms with E-state index in [4.69, 9.17) is 26.5 Å². The minimum absolute atomic E-state index is 0.0253. The summed E-state index contributed by atoms with van der Waals surface area (Å²) < 4.78 is 38.0. The van der Waals surface area contributed by atoms with E-state index in [-0.39, 0.29) is 39.4 Å². The summed E-state index contributed by atoms with van der Waals surface area (Å²) >= 11 is 6.95. The van der Waals surface area contributed by atoms with Crippen molar-refractivity contribution in [3.8, 4) is 5.75 Å². The van der Waals surface area contributed by atoms with Gasteiger partial charge in [0.1, 0.15) is 33.5 Å². The molecular weight excluding hydrogens is 500 g/mol. The molecule has 1 aromatic carbocycles. The summed E-state index contributed by atoms with van der Waals surface area (Å²) in [6.07, 6.45) is -1.11. The molecule has 0 atom stereocenters. The maximum Gasteiger partial charge on any atom is 0.291 e. The van der Waals surface area contributed by atoms with Gasteiger partial charge in [0.05, 0.1) is 10.7 Å². The number of hydrogen-bond acceptors (Lipinski definition) is 6. The van der Waals surface area contributed by atoms with Crippen molar-refractivity contribution in [1.29, 1.82) is 0 Å². The van der Waals surface area contributed by atoms with Crippen molar-refractivity contribution in [1.82, 2.24) is 4.98 Å². The first kappa shape index (κ1) is 23.3. The van der Waals surface area contributed by atoms with Gasteiger partial charge in [-0.15, -0.1) is 11.3 Å². The number of hydrogen-bond donors (Lipinski definition) is 2. The summed E-state index contributed by atoms with van der Waals surface area (Å²) in [7, 11) is 0. The number of rotatable bonds is 8. The molecule has 4 aromatic rings. The lowest BCUT2D eigenvalue weighted by Crippen LogP contribution is -2.16.